The van der Waals surface area contributed by atoms with E-state index in [1.165, 1.54) is 0 Å². The fraction of sp³-hybridized carbons (Fsp3) is 0.500. The van der Waals surface area contributed by atoms with Crippen molar-refractivity contribution in [3.05, 3.63) is 5.82 Å². The fourth-order valence-corrected chi connectivity index (χ4v) is 1.05. The number of aromatic nitrogens is 4. The maximum absolute atomic E-state index is 10.3. The first kappa shape index (κ1) is 10.5. The second-order valence-corrected chi connectivity index (χ2v) is 4.33. The Morgan fingerprint density at radius 3 is 2.62 bits per heavy atom. The van der Waals surface area contributed by atoms with Crippen LogP contribution in [0.1, 0.15) is 5.82 Å². The molecule has 0 saturated heterocycles. The Hall–Kier alpha value is -0.590. The predicted octanol–water partition coefficient (Wildman–Crippen LogP) is 0.584. The molecule has 1 rings (SSSR count). The molecule has 0 fully saturated rings. The van der Waals surface area contributed by atoms with Gasteiger partial charge in [0.05, 0.1) is 0 Å². The molecule has 6 nitrogen and oxygen atoms in total. The summed E-state index contributed by atoms with van der Waals surface area (Å²) < 4.78 is -0.922. The molecule has 0 aliphatic heterocycles. The zero-order valence-corrected chi connectivity index (χ0v) is 8.25. The lowest BCUT2D eigenvalue weighted by Gasteiger charge is -2.08. The predicted molar refractivity (Wildman–Crippen MR) is 44.7 cm³/mol. The summed E-state index contributed by atoms with van der Waals surface area (Å²) in [4.78, 5) is 10.3. The molecule has 0 bridgehead atoms. The first-order valence-electron chi connectivity index (χ1n) is 2.96. The minimum atomic E-state index is -1.82. The van der Waals surface area contributed by atoms with Gasteiger partial charge in [0.1, 0.15) is 6.54 Å². The molecule has 0 unspecified atom stereocenters. The molecule has 0 aliphatic rings. The van der Waals surface area contributed by atoms with Crippen molar-refractivity contribution in [2.75, 3.05) is 0 Å². The van der Waals surface area contributed by atoms with Gasteiger partial charge in [0.25, 0.3) is 3.79 Å². The normalized spacial score (nSPS) is 11.6. The standard InChI is InChI=1S/C4H3Cl3N4O2/c5-4(6,7)3-8-9-10-11(3)1-2(12)13/h1H2,(H,12,13). The Bertz CT molecular complexity index is 319. The molecule has 0 saturated carbocycles. The molecular formula is C4H3Cl3N4O2. The van der Waals surface area contributed by atoms with Gasteiger partial charge in [-0.05, 0) is 10.4 Å². The van der Waals surface area contributed by atoms with E-state index in [9.17, 15) is 4.79 Å². The smallest absolute Gasteiger partial charge is 0.325 e. The van der Waals surface area contributed by atoms with Crippen molar-refractivity contribution >= 4 is 40.8 Å². The second-order valence-electron chi connectivity index (χ2n) is 2.05. The third-order valence-corrected chi connectivity index (χ3v) is 1.58. The number of hydrogen-bond donors (Lipinski definition) is 1. The highest BCUT2D eigenvalue weighted by Gasteiger charge is 2.30. The van der Waals surface area contributed by atoms with Crippen LogP contribution in [-0.2, 0) is 15.1 Å². The van der Waals surface area contributed by atoms with Crippen molar-refractivity contribution in [3.63, 3.8) is 0 Å². The number of rotatable bonds is 2. The highest BCUT2D eigenvalue weighted by Crippen LogP contribution is 2.36. The molecule has 1 N–H and O–H groups in total. The fourth-order valence-electron chi connectivity index (χ4n) is 0.642. The molecule has 9 heteroatoms. The van der Waals surface area contributed by atoms with E-state index in [1.54, 1.807) is 0 Å². The zero-order valence-electron chi connectivity index (χ0n) is 5.99. The second kappa shape index (κ2) is 3.65. The lowest BCUT2D eigenvalue weighted by atomic mass is 10.6. The molecule has 0 atom stereocenters. The summed E-state index contributed by atoms with van der Waals surface area (Å²) in [6, 6.07) is 0. The van der Waals surface area contributed by atoms with Crippen LogP contribution in [0.15, 0.2) is 0 Å². The number of alkyl halides is 3. The molecule has 1 aromatic heterocycles. The maximum atomic E-state index is 10.3. The summed E-state index contributed by atoms with van der Waals surface area (Å²) in [7, 11) is 0. The number of carboxylic acids is 1. The van der Waals surface area contributed by atoms with Gasteiger partial charge in [0.2, 0.25) is 5.82 Å². The van der Waals surface area contributed by atoms with Gasteiger partial charge in [-0.25, -0.2) is 4.68 Å². The van der Waals surface area contributed by atoms with Gasteiger partial charge < -0.3 is 5.11 Å². The van der Waals surface area contributed by atoms with E-state index in [4.69, 9.17) is 39.9 Å². The molecule has 0 aromatic carbocycles. The van der Waals surface area contributed by atoms with E-state index in [-0.39, 0.29) is 5.82 Å². The van der Waals surface area contributed by atoms with Crippen molar-refractivity contribution in [2.24, 2.45) is 0 Å². The number of carboxylic acid groups (broad SMARTS) is 1. The minimum absolute atomic E-state index is 0.125. The van der Waals surface area contributed by atoms with Gasteiger partial charge in [-0.2, -0.15) is 0 Å². The van der Waals surface area contributed by atoms with E-state index < -0.39 is 16.3 Å². The number of tetrazole rings is 1. The lowest BCUT2D eigenvalue weighted by molar-refractivity contribution is -0.138. The highest BCUT2D eigenvalue weighted by atomic mass is 35.6. The van der Waals surface area contributed by atoms with E-state index in [0.29, 0.717) is 0 Å². The average Bonchev–Trinajstić information content (AvgIpc) is 2.31. The molecule has 1 heterocycles. The van der Waals surface area contributed by atoms with Gasteiger partial charge in [-0.1, -0.05) is 34.8 Å². The van der Waals surface area contributed by atoms with Crippen LogP contribution in [0, 0.1) is 0 Å². The number of aliphatic carboxylic acids is 1. The Balaban J connectivity index is 2.96. The monoisotopic (exact) mass is 244 g/mol. The van der Waals surface area contributed by atoms with Crippen LogP contribution < -0.4 is 0 Å². The van der Waals surface area contributed by atoms with Gasteiger partial charge in [-0.3, -0.25) is 4.79 Å². The average molecular weight is 245 g/mol. The van der Waals surface area contributed by atoms with Crippen molar-refractivity contribution in [1.82, 2.24) is 20.2 Å². The summed E-state index contributed by atoms with van der Waals surface area (Å²) >= 11 is 16.4. The third-order valence-electron chi connectivity index (χ3n) is 1.07. The Morgan fingerprint density at radius 2 is 2.15 bits per heavy atom. The molecule has 13 heavy (non-hydrogen) atoms. The number of halogens is 3. The van der Waals surface area contributed by atoms with Crippen molar-refractivity contribution in [1.29, 1.82) is 0 Å². The van der Waals surface area contributed by atoms with E-state index in [0.717, 1.165) is 4.68 Å². The van der Waals surface area contributed by atoms with Crippen LogP contribution >= 0.6 is 34.8 Å². The topological polar surface area (TPSA) is 80.9 Å². The Kier molecular flexibility index (Phi) is 2.94. The van der Waals surface area contributed by atoms with Crippen LogP contribution in [0.2, 0.25) is 0 Å². The van der Waals surface area contributed by atoms with Crippen molar-refractivity contribution < 1.29 is 9.90 Å². The van der Waals surface area contributed by atoms with Gasteiger partial charge >= 0.3 is 5.97 Å². The van der Waals surface area contributed by atoms with E-state index >= 15 is 0 Å². The van der Waals surface area contributed by atoms with Gasteiger partial charge in [-0.15, -0.1) is 5.10 Å². The first-order valence-corrected chi connectivity index (χ1v) is 4.10. The van der Waals surface area contributed by atoms with Crippen molar-refractivity contribution in [2.45, 2.75) is 10.3 Å². The van der Waals surface area contributed by atoms with Gasteiger partial charge in [0.15, 0.2) is 0 Å². The highest BCUT2D eigenvalue weighted by molar-refractivity contribution is 6.66. The first-order chi connectivity index (χ1) is 5.91. The van der Waals surface area contributed by atoms with Gasteiger partial charge in [0, 0.05) is 0 Å². The third kappa shape index (κ3) is 2.68. The largest absolute Gasteiger partial charge is 0.480 e. The van der Waals surface area contributed by atoms with Crippen LogP contribution in [0.3, 0.4) is 0 Å². The molecule has 1 aromatic rings. The van der Waals surface area contributed by atoms with Crippen LogP contribution in [0.25, 0.3) is 0 Å². The zero-order chi connectivity index (χ0) is 10.1. The number of nitrogens with zero attached hydrogens (tertiary/aromatic N) is 4. The molecule has 0 aliphatic carbocycles. The SMILES string of the molecule is O=C(O)Cn1nnnc1C(Cl)(Cl)Cl. The molecule has 0 radical (unpaired) electrons. The summed E-state index contributed by atoms with van der Waals surface area (Å²) in [5.74, 6) is -1.25. The molecule has 0 amide bonds. The van der Waals surface area contributed by atoms with E-state index in [2.05, 4.69) is 15.5 Å². The Morgan fingerprint density at radius 1 is 1.54 bits per heavy atom. The minimum Gasteiger partial charge on any atom is -0.480 e. The Labute approximate surface area is 87.4 Å². The molecule has 0 spiro atoms. The maximum Gasteiger partial charge on any atom is 0.325 e. The number of carbonyl (C=O) groups is 1. The van der Waals surface area contributed by atoms with Crippen LogP contribution in [-0.4, -0.2) is 31.3 Å². The number of hydrogen-bond acceptors (Lipinski definition) is 4. The molecule has 72 valence electrons. The van der Waals surface area contributed by atoms with Crippen LogP contribution in [0.4, 0.5) is 0 Å². The molecular weight excluding hydrogens is 242 g/mol. The summed E-state index contributed by atoms with van der Waals surface area (Å²) in [5, 5.41) is 18.3. The quantitative estimate of drug-likeness (QED) is 0.771. The lowest BCUT2D eigenvalue weighted by Crippen LogP contribution is -2.17. The summed E-state index contributed by atoms with van der Waals surface area (Å²) in [6.07, 6.45) is 0. The van der Waals surface area contributed by atoms with Crippen molar-refractivity contribution in [3.8, 4) is 0 Å². The van der Waals surface area contributed by atoms with E-state index in [1.807, 2.05) is 0 Å². The van der Waals surface area contributed by atoms with Crippen LogP contribution in [0.5, 0.6) is 0 Å². The summed E-state index contributed by atoms with van der Waals surface area (Å²) in [5.41, 5.74) is 0. The summed E-state index contributed by atoms with van der Waals surface area (Å²) in [6.45, 7) is -0.448.